The van der Waals surface area contributed by atoms with Gasteiger partial charge in [-0.3, -0.25) is 0 Å². The van der Waals surface area contributed by atoms with E-state index in [1.807, 2.05) is 0 Å². The molecule has 0 aliphatic heterocycles. The molecule has 0 heterocycles. The van der Waals surface area contributed by atoms with Crippen LogP contribution in [-0.4, -0.2) is 50.7 Å². The molecule has 7 nitrogen and oxygen atoms in total. The standard InChI is InChI=1S/C7H6O3.C7H6O2.C2H6O2/c8-6-4-2-1-3-5(6)7(9)10;8-7(9)6-4-2-1-3-5-6;3-1-2-4/h1-4,8H,(H,9,10);1-5H,(H,8,9);3-4H,1-2H2. The van der Waals surface area contributed by atoms with Gasteiger partial charge in [0.25, 0.3) is 0 Å². The van der Waals surface area contributed by atoms with Crippen molar-refractivity contribution >= 4 is 11.9 Å². The fourth-order valence-corrected chi connectivity index (χ4v) is 1.24. The molecule has 0 fully saturated rings. The van der Waals surface area contributed by atoms with Crippen molar-refractivity contribution in [3.8, 4) is 5.75 Å². The maximum Gasteiger partial charge on any atom is 0.339 e. The molecule has 0 saturated heterocycles. The average Bonchev–Trinajstić information content (AvgIpc) is 2.56. The van der Waals surface area contributed by atoms with Crippen molar-refractivity contribution in [3.05, 3.63) is 65.7 Å². The quantitative estimate of drug-likeness (QED) is 0.577. The van der Waals surface area contributed by atoms with Crippen LogP contribution >= 0.6 is 0 Å². The van der Waals surface area contributed by atoms with Gasteiger partial charge in [0.2, 0.25) is 0 Å². The van der Waals surface area contributed by atoms with E-state index >= 15 is 0 Å². The Balaban J connectivity index is 0.000000345. The predicted molar refractivity (Wildman–Crippen MR) is 82.6 cm³/mol. The van der Waals surface area contributed by atoms with Crippen LogP contribution in [0.3, 0.4) is 0 Å². The topological polar surface area (TPSA) is 135 Å². The fraction of sp³-hybridized carbons (Fsp3) is 0.125. The Hall–Kier alpha value is -2.90. The molecule has 0 radical (unpaired) electrons. The molecule has 5 N–H and O–H groups in total. The molecule has 0 aliphatic carbocycles. The van der Waals surface area contributed by atoms with Crippen molar-refractivity contribution in [2.75, 3.05) is 13.2 Å². The third kappa shape index (κ3) is 8.86. The van der Waals surface area contributed by atoms with Gasteiger partial charge in [0.05, 0.1) is 18.8 Å². The molecule has 0 unspecified atom stereocenters. The first kappa shape index (κ1) is 20.1. The van der Waals surface area contributed by atoms with Crippen LogP contribution in [0.1, 0.15) is 20.7 Å². The van der Waals surface area contributed by atoms with E-state index < -0.39 is 11.9 Å². The molecule has 0 amide bonds. The van der Waals surface area contributed by atoms with Gasteiger partial charge in [-0.1, -0.05) is 30.3 Å². The number of benzene rings is 2. The predicted octanol–water partition coefficient (Wildman–Crippen LogP) is 1.45. The van der Waals surface area contributed by atoms with E-state index in [1.54, 1.807) is 42.5 Å². The van der Waals surface area contributed by atoms with Gasteiger partial charge in [-0.15, -0.1) is 0 Å². The molecule has 2 rings (SSSR count). The monoisotopic (exact) mass is 322 g/mol. The Labute approximate surface area is 132 Å². The first-order valence-electron chi connectivity index (χ1n) is 6.45. The summed E-state index contributed by atoms with van der Waals surface area (Å²) in [5.41, 5.74) is 0.264. The average molecular weight is 322 g/mol. The van der Waals surface area contributed by atoms with Gasteiger partial charge < -0.3 is 25.5 Å². The Morgan fingerprint density at radius 1 is 0.739 bits per heavy atom. The van der Waals surface area contributed by atoms with Crippen LogP contribution in [0.15, 0.2) is 54.6 Å². The Morgan fingerprint density at radius 2 is 1.22 bits per heavy atom. The summed E-state index contributed by atoms with van der Waals surface area (Å²) in [6, 6.07) is 14.1. The maximum absolute atomic E-state index is 10.3. The van der Waals surface area contributed by atoms with Crippen LogP contribution in [-0.2, 0) is 0 Å². The Morgan fingerprint density at radius 3 is 1.52 bits per heavy atom. The SMILES string of the molecule is O=C(O)c1ccccc1.O=C(O)c1ccccc1O.OCCO. The molecule has 0 aliphatic rings. The minimum Gasteiger partial charge on any atom is -0.507 e. The zero-order valence-electron chi connectivity index (χ0n) is 12.2. The molecule has 7 heteroatoms. The van der Waals surface area contributed by atoms with Crippen LogP contribution in [0.25, 0.3) is 0 Å². The summed E-state index contributed by atoms with van der Waals surface area (Å²) in [6.45, 7) is -0.250. The first-order chi connectivity index (χ1) is 10.9. The zero-order valence-corrected chi connectivity index (χ0v) is 12.2. The Kier molecular flexibility index (Phi) is 10.2. The van der Waals surface area contributed by atoms with Crippen LogP contribution in [0.4, 0.5) is 0 Å². The molecule has 0 bridgehead atoms. The lowest BCUT2D eigenvalue weighted by Gasteiger charge is -1.95. The van der Waals surface area contributed by atoms with Crippen LogP contribution in [0, 0.1) is 0 Å². The highest BCUT2D eigenvalue weighted by Crippen LogP contribution is 2.14. The number of para-hydroxylation sites is 1. The number of carbonyl (C=O) groups is 2. The molecule has 2 aromatic carbocycles. The fourth-order valence-electron chi connectivity index (χ4n) is 1.24. The molecule has 0 aromatic heterocycles. The summed E-state index contributed by atoms with van der Waals surface area (Å²) in [4.78, 5) is 20.5. The van der Waals surface area contributed by atoms with E-state index in [4.69, 9.17) is 25.5 Å². The van der Waals surface area contributed by atoms with Crippen LogP contribution in [0.2, 0.25) is 0 Å². The number of hydrogen-bond acceptors (Lipinski definition) is 5. The van der Waals surface area contributed by atoms with E-state index in [1.165, 1.54) is 12.1 Å². The Bertz CT molecular complexity index is 594. The number of aliphatic hydroxyl groups excluding tert-OH is 2. The van der Waals surface area contributed by atoms with E-state index in [2.05, 4.69) is 0 Å². The minimum absolute atomic E-state index is 0.0671. The van der Waals surface area contributed by atoms with Crippen LogP contribution < -0.4 is 0 Å². The smallest absolute Gasteiger partial charge is 0.339 e. The van der Waals surface area contributed by atoms with Crippen molar-refractivity contribution in [2.45, 2.75) is 0 Å². The second-order valence-electron chi connectivity index (χ2n) is 3.94. The number of aromatic carboxylic acids is 2. The molecule has 0 saturated carbocycles. The highest BCUT2D eigenvalue weighted by molar-refractivity contribution is 5.90. The summed E-state index contributed by atoms with van der Waals surface area (Å²) in [6.07, 6.45) is 0. The highest BCUT2D eigenvalue weighted by atomic mass is 16.4. The number of aliphatic hydroxyl groups is 2. The number of phenols is 1. The summed E-state index contributed by atoms with van der Waals surface area (Å²) < 4.78 is 0. The van der Waals surface area contributed by atoms with E-state index in [9.17, 15) is 9.59 Å². The van der Waals surface area contributed by atoms with Crippen molar-refractivity contribution in [1.82, 2.24) is 0 Å². The number of aromatic hydroxyl groups is 1. The highest BCUT2D eigenvalue weighted by Gasteiger charge is 2.05. The van der Waals surface area contributed by atoms with E-state index in [0.29, 0.717) is 5.56 Å². The number of hydrogen-bond donors (Lipinski definition) is 5. The third-order valence-corrected chi connectivity index (χ3v) is 2.26. The second kappa shape index (κ2) is 11.7. The maximum atomic E-state index is 10.3. The second-order valence-corrected chi connectivity index (χ2v) is 3.94. The molecular formula is C16H18O7. The summed E-state index contributed by atoms with van der Waals surface area (Å²) in [7, 11) is 0. The molecule has 23 heavy (non-hydrogen) atoms. The lowest BCUT2D eigenvalue weighted by Crippen LogP contribution is -1.95. The first-order valence-corrected chi connectivity index (χ1v) is 6.45. The summed E-state index contributed by atoms with van der Waals surface area (Å²) in [5, 5.41) is 40.9. The van der Waals surface area contributed by atoms with Gasteiger partial charge in [-0.25, -0.2) is 9.59 Å². The van der Waals surface area contributed by atoms with Gasteiger partial charge in [-0.05, 0) is 24.3 Å². The number of rotatable bonds is 3. The van der Waals surface area contributed by atoms with E-state index in [0.717, 1.165) is 0 Å². The minimum atomic E-state index is -1.11. The van der Waals surface area contributed by atoms with Gasteiger partial charge in [-0.2, -0.15) is 0 Å². The molecule has 0 atom stereocenters. The van der Waals surface area contributed by atoms with Crippen molar-refractivity contribution in [1.29, 1.82) is 0 Å². The molecular weight excluding hydrogens is 304 g/mol. The third-order valence-electron chi connectivity index (χ3n) is 2.26. The van der Waals surface area contributed by atoms with Crippen LogP contribution in [0.5, 0.6) is 5.75 Å². The number of carboxylic acids is 2. The lowest BCUT2D eigenvalue weighted by molar-refractivity contribution is 0.0684. The molecule has 124 valence electrons. The van der Waals surface area contributed by atoms with E-state index in [-0.39, 0.29) is 24.5 Å². The van der Waals surface area contributed by atoms with Gasteiger partial charge in [0.15, 0.2) is 0 Å². The van der Waals surface area contributed by atoms with Gasteiger partial charge in [0.1, 0.15) is 11.3 Å². The zero-order chi connectivity index (χ0) is 17.7. The van der Waals surface area contributed by atoms with Crippen molar-refractivity contribution < 1.29 is 35.1 Å². The lowest BCUT2D eigenvalue weighted by atomic mass is 10.2. The molecule has 2 aromatic rings. The van der Waals surface area contributed by atoms with Crippen molar-refractivity contribution in [2.24, 2.45) is 0 Å². The van der Waals surface area contributed by atoms with Crippen molar-refractivity contribution in [3.63, 3.8) is 0 Å². The van der Waals surface area contributed by atoms with Gasteiger partial charge in [0, 0.05) is 0 Å². The van der Waals surface area contributed by atoms with Gasteiger partial charge >= 0.3 is 11.9 Å². The summed E-state index contributed by atoms with van der Waals surface area (Å²) in [5.74, 6) is -2.19. The number of carboxylic acid groups (broad SMARTS) is 2. The summed E-state index contributed by atoms with van der Waals surface area (Å²) >= 11 is 0. The normalized spacial score (nSPS) is 8.78. The molecule has 0 spiro atoms. The largest absolute Gasteiger partial charge is 0.507 e.